The Morgan fingerprint density at radius 2 is 2.00 bits per heavy atom. The second-order valence-electron chi connectivity index (χ2n) is 8.53. The zero-order valence-electron chi connectivity index (χ0n) is 16.9. The Morgan fingerprint density at radius 3 is 2.90 bits per heavy atom. The van der Waals surface area contributed by atoms with Gasteiger partial charge < -0.3 is 15.2 Å². The minimum Gasteiger partial charge on any atom is -0.354 e. The minimum atomic E-state index is -0.257. The van der Waals surface area contributed by atoms with E-state index in [1.807, 2.05) is 36.4 Å². The van der Waals surface area contributed by atoms with Crippen molar-refractivity contribution in [1.82, 2.24) is 20.3 Å². The molecule has 7 heteroatoms. The highest BCUT2D eigenvalue weighted by atomic mass is 19.1. The van der Waals surface area contributed by atoms with Crippen LogP contribution in [-0.4, -0.2) is 40.0 Å². The normalized spacial score (nSPS) is 22.9. The highest BCUT2D eigenvalue weighted by molar-refractivity contribution is 5.84. The molecule has 1 amide bonds. The van der Waals surface area contributed by atoms with E-state index in [2.05, 4.69) is 25.2 Å². The van der Waals surface area contributed by atoms with Gasteiger partial charge in [0.15, 0.2) is 0 Å². The summed E-state index contributed by atoms with van der Waals surface area (Å²) >= 11 is 0. The first-order valence-corrected chi connectivity index (χ1v) is 10.7. The average Bonchev–Trinajstić information content (AvgIpc) is 3.25. The Morgan fingerprint density at radius 1 is 1.10 bits per heavy atom. The second-order valence-corrected chi connectivity index (χ2v) is 8.53. The maximum atomic E-state index is 13.4. The van der Waals surface area contributed by atoms with Gasteiger partial charge in [0, 0.05) is 36.4 Å². The minimum absolute atomic E-state index is 0.0108. The number of hydrogen-bond donors (Lipinski definition) is 2. The number of halogens is 1. The van der Waals surface area contributed by atoms with E-state index in [-0.39, 0.29) is 29.6 Å². The molecular formula is C24H22FN5O. The zero-order chi connectivity index (χ0) is 20.9. The molecule has 2 fully saturated rings. The summed E-state index contributed by atoms with van der Waals surface area (Å²) in [4.78, 5) is 27.6. The number of hydrogen-bond acceptors (Lipinski definition) is 4. The van der Waals surface area contributed by atoms with E-state index in [4.69, 9.17) is 0 Å². The number of nitrogens with one attached hydrogen (secondary N) is 2. The lowest BCUT2D eigenvalue weighted by Gasteiger charge is -2.18. The van der Waals surface area contributed by atoms with Crippen LogP contribution >= 0.6 is 0 Å². The van der Waals surface area contributed by atoms with Crippen LogP contribution in [0.15, 0.2) is 54.6 Å². The Hall–Kier alpha value is -3.48. The molecule has 0 spiro atoms. The van der Waals surface area contributed by atoms with Gasteiger partial charge in [-0.1, -0.05) is 12.1 Å². The Kier molecular flexibility index (Phi) is 4.16. The molecule has 3 atom stereocenters. The number of imidazole rings is 1. The highest BCUT2D eigenvalue weighted by Gasteiger charge is 2.46. The van der Waals surface area contributed by atoms with Crippen molar-refractivity contribution in [3.8, 4) is 0 Å². The van der Waals surface area contributed by atoms with Crippen molar-refractivity contribution in [1.29, 1.82) is 0 Å². The van der Waals surface area contributed by atoms with Gasteiger partial charge in [-0.25, -0.2) is 14.4 Å². The van der Waals surface area contributed by atoms with Gasteiger partial charge in [-0.15, -0.1) is 0 Å². The number of para-hydroxylation sites is 2. The number of fused-ring (bicyclic) bond motifs is 2. The molecule has 2 N–H and O–H groups in total. The fourth-order valence-electron chi connectivity index (χ4n) is 4.59. The van der Waals surface area contributed by atoms with E-state index in [1.54, 1.807) is 6.07 Å². The number of carbonyl (C=O) groups is 1. The molecule has 2 aromatic carbocycles. The first kappa shape index (κ1) is 18.3. The maximum Gasteiger partial charge on any atom is 0.224 e. The van der Waals surface area contributed by atoms with Crippen molar-refractivity contribution in [2.45, 2.75) is 24.8 Å². The van der Waals surface area contributed by atoms with Crippen LogP contribution in [0.4, 0.5) is 10.2 Å². The number of rotatable bonds is 4. The molecule has 2 aromatic heterocycles. The summed E-state index contributed by atoms with van der Waals surface area (Å²) in [7, 11) is 0. The molecule has 1 saturated heterocycles. The van der Waals surface area contributed by atoms with Crippen LogP contribution in [0.3, 0.4) is 0 Å². The molecular weight excluding hydrogens is 393 g/mol. The van der Waals surface area contributed by atoms with Gasteiger partial charge in [0.1, 0.15) is 17.5 Å². The third-order valence-corrected chi connectivity index (χ3v) is 6.38. The number of carbonyl (C=O) groups excluding carboxylic acids is 1. The fourth-order valence-corrected chi connectivity index (χ4v) is 4.59. The van der Waals surface area contributed by atoms with E-state index in [0.717, 1.165) is 59.5 Å². The quantitative estimate of drug-likeness (QED) is 0.532. The van der Waals surface area contributed by atoms with E-state index < -0.39 is 0 Å². The van der Waals surface area contributed by atoms with Crippen molar-refractivity contribution in [3.05, 3.63) is 66.2 Å². The second kappa shape index (κ2) is 7.04. The molecule has 0 radical (unpaired) electrons. The monoisotopic (exact) mass is 415 g/mol. The van der Waals surface area contributed by atoms with E-state index in [1.165, 1.54) is 12.1 Å². The molecule has 1 aliphatic heterocycles. The van der Waals surface area contributed by atoms with Crippen LogP contribution in [0.2, 0.25) is 0 Å². The van der Waals surface area contributed by atoms with Gasteiger partial charge in [0.05, 0.1) is 16.6 Å². The van der Waals surface area contributed by atoms with Crippen molar-refractivity contribution in [2.24, 2.45) is 5.92 Å². The maximum absolute atomic E-state index is 13.4. The standard InChI is InChI=1S/C24H22FN5O/c25-15-6-7-19-14(11-15)5-8-22(27-19)30-10-9-16(13-30)26-24(31)18-12-17(18)23-28-20-3-1-2-4-21(20)29-23/h1-8,11,16-18H,9-10,12-13H2,(H,26,31)(H,28,29)/t16-,17+,18+/m1/s1. The number of H-pyrrole nitrogens is 1. The topological polar surface area (TPSA) is 73.9 Å². The number of aromatic amines is 1. The van der Waals surface area contributed by atoms with Crippen LogP contribution in [0, 0.1) is 11.7 Å². The van der Waals surface area contributed by atoms with Crippen molar-refractivity contribution >= 4 is 33.7 Å². The molecule has 31 heavy (non-hydrogen) atoms. The molecule has 6 nitrogen and oxygen atoms in total. The first-order chi connectivity index (χ1) is 15.1. The Labute approximate surface area is 178 Å². The lowest BCUT2D eigenvalue weighted by molar-refractivity contribution is -0.123. The van der Waals surface area contributed by atoms with Crippen molar-refractivity contribution in [2.75, 3.05) is 18.0 Å². The molecule has 4 aromatic rings. The summed E-state index contributed by atoms with van der Waals surface area (Å²) in [5, 5.41) is 4.01. The number of nitrogens with zero attached hydrogens (tertiary/aromatic N) is 3. The molecule has 3 heterocycles. The summed E-state index contributed by atoms with van der Waals surface area (Å²) in [5.41, 5.74) is 2.74. The molecule has 156 valence electrons. The predicted octanol–water partition coefficient (Wildman–Crippen LogP) is 3.75. The van der Waals surface area contributed by atoms with Crippen LogP contribution in [0.5, 0.6) is 0 Å². The smallest absolute Gasteiger partial charge is 0.224 e. The van der Waals surface area contributed by atoms with E-state index in [0.29, 0.717) is 0 Å². The van der Waals surface area contributed by atoms with Crippen LogP contribution < -0.4 is 10.2 Å². The third-order valence-electron chi connectivity index (χ3n) is 6.38. The number of amides is 1. The van der Waals surface area contributed by atoms with Crippen molar-refractivity contribution in [3.63, 3.8) is 0 Å². The van der Waals surface area contributed by atoms with Gasteiger partial charge in [-0.3, -0.25) is 4.79 Å². The number of aromatic nitrogens is 3. The molecule has 1 aliphatic carbocycles. The first-order valence-electron chi connectivity index (χ1n) is 10.7. The lowest BCUT2D eigenvalue weighted by atomic mass is 10.2. The number of benzene rings is 2. The fraction of sp³-hybridized carbons (Fsp3) is 0.292. The van der Waals surface area contributed by atoms with Gasteiger partial charge in [0.25, 0.3) is 0 Å². The van der Waals surface area contributed by atoms with Crippen molar-refractivity contribution < 1.29 is 9.18 Å². The van der Waals surface area contributed by atoms with E-state index >= 15 is 0 Å². The average molecular weight is 415 g/mol. The number of anilines is 1. The van der Waals surface area contributed by atoms with Gasteiger partial charge in [0.2, 0.25) is 5.91 Å². The molecule has 0 unspecified atom stereocenters. The van der Waals surface area contributed by atoms with Crippen LogP contribution in [0.1, 0.15) is 24.6 Å². The number of pyridine rings is 1. The highest BCUT2D eigenvalue weighted by Crippen LogP contribution is 2.46. The SMILES string of the molecule is O=C(N[C@@H]1CCN(c2ccc3cc(F)ccc3n2)C1)[C@H]1C[C@@H]1c1nc2ccccc2[nH]1. The molecule has 2 aliphatic rings. The van der Waals surface area contributed by atoms with Gasteiger partial charge in [-0.05, 0) is 55.3 Å². The Bertz CT molecular complexity index is 1270. The Balaban J connectivity index is 1.09. The predicted molar refractivity (Wildman–Crippen MR) is 117 cm³/mol. The molecule has 6 rings (SSSR count). The third kappa shape index (κ3) is 3.40. The lowest BCUT2D eigenvalue weighted by Crippen LogP contribution is -2.38. The summed E-state index contributed by atoms with van der Waals surface area (Å²) in [6.07, 6.45) is 1.72. The zero-order valence-corrected chi connectivity index (χ0v) is 16.9. The summed E-state index contributed by atoms with van der Waals surface area (Å²) in [6.45, 7) is 1.57. The summed E-state index contributed by atoms with van der Waals surface area (Å²) < 4.78 is 13.4. The van der Waals surface area contributed by atoms with Crippen LogP contribution in [0.25, 0.3) is 21.9 Å². The van der Waals surface area contributed by atoms with E-state index in [9.17, 15) is 9.18 Å². The summed E-state index contributed by atoms with van der Waals surface area (Å²) in [5.74, 6) is 1.79. The largest absolute Gasteiger partial charge is 0.354 e. The van der Waals surface area contributed by atoms with Gasteiger partial charge in [-0.2, -0.15) is 0 Å². The van der Waals surface area contributed by atoms with Gasteiger partial charge >= 0.3 is 0 Å². The van der Waals surface area contributed by atoms with Crippen LogP contribution in [-0.2, 0) is 4.79 Å². The summed E-state index contributed by atoms with van der Waals surface area (Å²) in [6, 6.07) is 16.5. The molecule has 0 bridgehead atoms. The molecule has 1 saturated carbocycles.